The van der Waals surface area contributed by atoms with Crippen LogP contribution in [0.4, 0.5) is 5.69 Å². The van der Waals surface area contributed by atoms with Crippen molar-refractivity contribution in [1.82, 2.24) is 10.6 Å². The van der Waals surface area contributed by atoms with Crippen LogP contribution in [0.3, 0.4) is 0 Å². The molecule has 1 amide bonds. The summed E-state index contributed by atoms with van der Waals surface area (Å²) in [4.78, 5) is 12.6. The standard InChI is InChI=1S/C18H17Cl4N3O3S/c1-27-13-8-3-10(9-14(13)28-2)15(26)24-16(18(20,21)22)25-17(29)23-12-6-4-11(19)5-7-12/h3-9,16H,1-2H3,(H,24,26)(H2,23,25,29)/t16-/m0/s1. The fraction of sp³-hybridized carbons (Fsp3) is 0.222. The van der Waals surface area contributed by atoms with E-state index in [0.717, 1.165) is 0 Å². The average Bonchev–Trinajstić information content (AvgIpc) is 2.67. The number of rotatable bonds is 6. The zero-order valence-electron chi connectivity index (χ0n) is 15.3. The lowest BCUT2D eigenvalue weighted by atomic mass is 10.2. The highest BCUT2D eigenvalue weighted by Gasteiger charge is 2.35. The lowest BCUT2D eigenvalue weighted by Crippen LogP contribution is -2.56. The summed E-state index contributed by atoms with van der Waals surface area (Å²) in [6.07, 6.45) is -1.12. The number of carbonyl (C=O) groups excluding carboxylic acids is 1. The number of hydrogen-bond donors (Lipinski definition) is 3. The molecule has 0 saturated heterocycles. The quantitative estimate of drug-likeness (QED) is 0.304. The fourth-order valence-electron chi connectivity index (χ4n) is 2.22. The van der Waals surface area contributed by atoms with Crippen LogP contribution in [0.1, 0.15) is 10.4 Å². The number of ether oxygens (including phenoxy) is 2. The minimum Gasteiger partial charge on any atom is -0.493 e. The second kappa shape index (κ2) is 10.4. The maximum atomic E-state index is 12.6. The van der Waals surface area contributed by atoms with Crippen molar-refractivity contribution < 1.29 is 14.3 Å². The molecule has 2 aromatic rings. The number of nitrogens with one attached hydrogen (secondary N) is 3. The molecule has 0 saturated carbocycles. The van der Waals surface area contributed by atoms with Gasteiger partial charge in [0.2, 0.25) is 3.79 Å². The molecule has 0 unspecified atom stereocenters. The highest BCUT2D eigenvalue weighted by atomic mass is 35.6. The monoisotopic (exact) mass is 495 g/mol. The van der Waals surface area contributed by atoms with Gasteiger partial charge in [-0.1, -0.05) is 46.4 Å². The molecule has 6 nitrogen and oxygen atoms in total. The van der Waals surface area contributed by atoms with Gasteiger partial charge in [-0.05, 0) is 54.7 Å². The van der Waals surface area contributed by atoms with Crippen LogP contribution in [0.15, 0.2) is 42.5 Å². The van der Waals surface area contributed by atoms with Crippen LogP contribution in [0.5, 0.6) is 11.5 Å². The minimum atomic E-state index is -1.89. The summed E-state index contributed by atoms with van der Waals surface area (Å²) in [5.41, 5.74) is 0.946. The van der Waals surface area contributed by atoms with Gasteiger partial charge in [-0.25, -0.2) is 0 Å². The third kappa shape index (κ3) is 6.97. The Morgan fingerprint density at radius 2 is 1.62 bits per heavy atom. The minimum absolute atomic E-state index is 0.135. The third-order valence-corrected chi connectivity index (χ3v) is 4.75. The zero-order chi connectivity index (χ0) is 21.6. The van der Waals surface area contributed by atoms with E-state index in [1.54, 1.807) is 36.4 Å². The SMILES string of the molecule is COc1ccc(C(=O)N[C@@H](NC(=S)Nc2ccc(Cl)cc2)C(Cl)(Cl)Cl)cc1OC. The van der Waals surface area contributed by atoms with Gasteiger partial charge >= 0.3 is 0 Å². The van der Waals surface area contributed by atoms with E-state index in [9.17, 15) is 4.79 Å². The van der Waals surface area contributed by atoms with E-state index in [-0.39, 0.29) is 10.7 Å². The molecule has 0 aliphatic carbocycles. The predicted octanol–water partition coefficient (Wildman–Crippen LogP) is 4.77. The number of thiocarbonyl (C=S) groups is 1. The number of alkyl halides is 3. The Labute approximate surface area is 193 Å². The first kappa shape index (κ1) is 23.6. The summed E-state index contributed by atoms with van der Waals surface area (Å²) in [6, 6.07) is 11.5. The molecule has 2 rings (SSSR count). The molecule has 0 aliphatic heterocycles. The number of hydrogen-bond acceptors (Lipinski definition) is 4. The normalized spacial score (nSPS) is 11.9. The summed E-state index contributed by atoms with van der Waals surface area (Å²) < 4.78 is 8.47. The Morgan fingerprint density at radius 1 is 1.00 bits per heavy atom. The topological polar surface area (TPSA) is 71.6 Å². The molecule has 2 aromatic carbocycles. The Bertz CT molecular complexity index is 876. The van der Waals surface area contributed by atoms with Gasteiger partial charge in [-0.15, -0.1) is 0 Å². The van der Waals surface area contributed by atoms with E-state index in [4.69, 9.17) is 68.1 Å². The van der Waals surface area contributed by atoms with E-state index in [1.807, 2.05) is 0 Å². The van der Waals surface area contributed by atoms with Crippen LogP contribution in [0, 0.1) is 0 Å². The molecule has 29 heavy (non-hydrogen) atoms. The van der Waals surface area contributed by atoms with Gasteiger partial charge in [0.25, 0.3) is 5.91 Å². The Morgan fingerprint density at radius 3 is 2.17 bits per heavy atom. The van der Waals surface area contributed by atoms with Gasteiger partial charge in [-0.3, -0.25) is 4.79 Å². The molecule has 0 bridgehead atoms. The lowest BCUT2D eigenvalue weighted by molar-refractivity contribution is 0.0934. The van der Waals surface area contributed by atoms with E-state index in [1.165, 1.54) is 20.3 Å². The Balaban J connectivity index is 2.11. The smallest absolute Gasteiger partial charge is 0.253 e. The van der Waals surface area contributed by atoms with Gasteiger partial charge in [0.1, 0.15) is 6.17 Å². The largest absolute Gasteiger partial charge is 0.493 e. The molecular formula is C18H17Cl4N3O3S. The van der Waals surface area contributed by atoms with E-state index < -0.39 is 15.9 Å². The van der Waals surface area contributed by atoms with Crippen LogP contribution in [0.2, 0.25) is 5.02 Å². The Kier molecular flexibility index (Phi) is 8.48. The maximum Gasteiger partial charge on any atom is 0.253 e. The van der Waals surface area contributed by atoms with E-state index >= 15 is 0 Å². The lowest BCUT2D eigenvalue weighted by Gasteiger charge is -2.28. The van der Waals surface area contributed by atoms with Crippen LogP contribution in [-0.2, 0) is 0 Å². The first-order valence-corrected chi connectivity index (χ1v) is 9.98. The van der Waals surface area contributed by atoms with Gasteiger partial charge < -0.3 is 25.4 Å². The molecular weight excluding hydrogens is 480 g/mol. The summed E-state index contributed by atoms with van der Waals surface area (Å²) in [5.74, 6) is 0.357. The molecule has 11 heteroatoms. The van der Waals surface area contributed by atoms with Crippen molar-refractivity contribution in [1.29, 1.82) is 0 Å². The van der Waals surface area contributed by atoms with Crippen molar-refractivity contribution in [3.63, 3.8) is 0 Å². The Hall–Kier alpha value is -1.64. The number of halogens is 4. The molecule has 3 N–H and O–H groups in total. The van der Waals surface area contributed by atoms with Gasteiger partial charge in [0, 0.05) is 16.3 Å². The van der Waals surface area contributed by atoms with Gasteiger partial charge in [0.15, 0.2) is 16.6 Å². The second-order valence-electron chi connectivity index (χ2n) is 5.62. The number of carbonyl (C=O) groups is 1. The van der Waals surface area contributed by atoms with E-state index in [0.29, 0.717) is 22.2 Å². The van der Waals surface area contributed by atoms with Gasteiger partial charge in [-0.2, -0.15) is 0 Å². The number of anilines is 1. The molecule has 0 radical (unpaired) electrons. The fourth-order valence-corrected chi connectivity index (χ4v) is 2.91. The molecule has 0 heterocycles. The molecule has 0 spiro atoms. The highest BCUT2D eigenvalue weighted by molar-refractivity contribution is 7.80. The summed E-state index contributed by atoms with van der Waals surface area (Å²) in [7, 11) is 2.96. The number of amides is 1. The average molecular weight is 497 g/mol. The van der Waals surface area contributed by atoms with Crippen LogP contribution in [0.25, 0.3) is 0 Å². The van der Waals surface area contributed by atoms with E-state index in [2.05, 4.69) is 16.0 Å². The van der Waals surface area contributed by atoms with Gasteiger partial charge in [0.05, 0.1) is 14.2 Å². The van der Waals surface area contributed by atoms with Crippen molar-refractivity contribution in [3.8, 4) is 11.5 Å². The van der Waals surface area contributed by atoms with Crippen molar-refractivity contribution in [3.05, 3.63) is 53.1 Å². The third-order valence-electron chi connectivity index (χ3n) is 3.63. The summed E-state index contributed by atoms with van der Waals surface area (Å²) >= 11 is 29.1. The molecule has 0 fully saturated rings. The van der Waals surface area contributed by atoms with Crippen molar-refractivity contribution in [2.75, 3.05) is 19.5 Å². The summed E-state index contributed by atoms with van der Waals surface area (Å²) in [5, 5.41) is 9.00. The highest BCUT2D eigenvalue weighted by Crippen LogP contribution is 2.30. The first-order valence-electron chi connectivity index (χ1n) is 8.06. The van der Waals surface area contributed by atoms with Crippen molar-refractivity contribution >= 4 is 75.3 Å². The molecule has 156 valence electrons. The number of methoxy groups -OCH3 is 2. The van der Waals surface area contributed by atoms with Crippen LogP contribution in [-0.4, -0.2) is 35.2 Å². The zero-order valence-corrected chi connectivity index (χ0v) is 19.1. The second-order valence-corrected chi connectivity index (χ2v) is 8.84. The summed E-state index contributed by atoms with van der Waals surface area (Å²) in [6.45, 7) is 0. The van der Waals surface area contributed by atoms with Crippen LogP contribution >= 0.6 is 58.6 Å². The van der Waals surface area contributed by atoms with Crippen molar-refractivity contribution in [2.45, 2.75) is 9.96 Å². The van der Waals surface area contributed by atoms with Crippen molar-refractivity contribution in [2.24, 2.45) is 0 Å². The first-order chi connectivity index (χ1) is 13.6. The number of benzene rings is 2. The predicted molar refractivity (Wildman–Crippen MR) is 122 cm³/mol. The van der Waals surface area contributed by atoms with Crippen LogP contribution < -0.4 is 25.4 Å². The maximum absolute atomic E-state index is 12.6. The molecule has 1 atom stereocenters. The molecule has 0 aliphatic rings. The molecule has 0 aromatic heterocycles.